The monoisotopic (exact) mass is 453 g/mol. The molecule has 0 heterocycles. The highest BCUT2D eigenvalue weighted by atomic mass is 32.2. The van der Waals surface area contributed by atoms with Gasteiger partial charge in [-0.05, 0) is 42.2 Å². The predicted molar refractivity (Wildman–Crippen MR) is 129 cm³/mol. The zero-order chi connectivity index (χ0) is 23.0. The molecule has 0 saturated carbocycles. The molecule has 3 aromatic rings. The van der Waals surface area contributed by atoms with Crippen molar-refractivity contribution in [2.75, 3.05) is 18.5 Å². The topological polar surface area (TPSA) is 55.8 Å². The summed E-state index contributed by atoms with van der Waals surface area (Å²) in [5.41, 5.74) is 2.22. The zero-order valence-corrected chi connectivity index (χ0v) is 19.8. The maximum absolute atomic E-state index is 14.2. The number of hydrogen-bond donors (Lipinski definition) is 0. The molecule has 3 aromatic carbocycles. The van der Waals surface area contributed by atoms with E-state index in [4.69, 9.17) is 9.47 Å². The van der Waals surface area contributed by atoms with Gasteiger partial charge in [0.2, 0.25) is 0 Å². The van der Waals surface area contributed by atoms with Crippen LogP contribution in [0.2, 0.25) is 0 Å². The van der Waals surface area contributed by atoms with E-state index in [9.17, 15) is 8.42 Å². The summed E-state index contributed by atoms with van der Waals surface area (Å²) in [6, 6.07) is 22.2. The molecule has 170 valence electrons. The fourth-order valence-corrected chi connectivity index (χ4v) is 5.54. The quantitative estimate of drug-likeness (QED) is 0.343. The van der Waals surface area contributed by atoms with Crippen molar-refractivity contribution in [1.82, 2.24) is 0 Å². The van der Waals surface area contributed by atoms with Gasteiger partial charge in [-0.25, -0.2) is 8.42 Å². The highest BCUT2D eigenvalue weighted by Gasteiger charge is 2.31. The van der Waals surface area contributed by atoms with Crippen LogP contribution in [0.4, 0.5) is 5.69 Å². The molecule has 0 atom stereocenters. The van der Waals surface area contributed by atoms with Crippen LogP contribution in [0, 0.1) is 0 Å². The largest absolute Gasteiger partial charge is 0.497 e. The van der Waals surface area contributed by atoms with E-state index in [1.807, 2.05) is 66.7 Å². The van der Waals surface area contributed by atoms with Crippen LogP contribution >= 0.6 is 0 Å². The molecular formula is C26H31NO4S. The van der Waals surface area contributed by atoms with E-state index in [1.54, 1.807) is 13.2 Å². The number of methoxy groups -OCH3 is 2. The summed E-state index contributed by atoms with van der Waals surface area (Å²) in [7, 11) is -0.867. The van der Waals surface area contributed by atoms with E-state index in [0.29, 0.717) is 29.2 Å². The van der Waals surface area contributed by atoms with Gasteiger partial charge in [0.05, 0.1) is 26.5 Å². The average Bonchev–Trinajstić information content (AvgIpc) is 2.83. The molecule has 3 rings (SSSR count). The van der Waals surface area contributed by atoms with Gasteiger partial charge in [-0.15, -0.1) is 0 Å². The number of ether oxygens (including phenoxy) is 2. The molecule has 6 heteroatoms. The molecule has 0 N–H and O–H groups in total. The molecule has 0 radical (unpaired) electrons. The van der Waals surface area contributed by atoms with Crippen LogP contribution in [-0.2, 0) is 23.0 Å². The van der Waals surface area contributed by atoms with Gasteiger partial charge < -0.3 is 9.47 Å². The Kier molecular flexibility index (Phi) is 8.17. The number of rotatable bonds is 11. The summed E-state index contributed by atoms with van der Waals surface area (Å²) in [5.74, 6) is 0.881. The molecule has 0 bridgehead atoms. The van der Waals surface area contributed by atoms with Gasteiger partial charge in [-0.2, -0.15) is 0 Å². The van der Waals surface area contributed by atoms with Crippen molar-refractivity contribution in [3.8, 4) is 11.5 Å². The van der Waals surface area contributed by atoms with Gasteiger partial charge in [-0.1, -0.05) is 68.3 Å². The highest BCUT2D eigenvalue weighted by molar-refractivity contribution is 7.93. The van der Waals surface area contributed by atoms with Crippen LogP contribution in [0.25, 0.3) is 0 Å². The summed E-state index contributed by atoms with van der Waals surface area (Å²) in [6.07, 6.45) is 3.59. The Morgan fingerprint density at radius 1 is 0.844 bits per heavy atom. The molecule has 0 aromatic heterocycles. The second kappa shape index (κ2) is 11.0. The van der Waals surface area contributed by atoms with Crippen LogP contribution in [-0.4, -0.2) is 22.6 Å². The normalized spacial score (nSPS) is 11.2. The number of unbranched alkanes of at least 4 members (excludes halogenated alkanes) is 2. The third kappa shape index (κ3) is 5.43. The lowest BCUT2D eigenvalue weighted by Gasteiger charge is -2.27. The maximum Gasteiger partial charge on any atom is 0.268 e. The van der Waals surface area contributed by atoms with Crippen molar-refractivity contribution < 1.29 is 17.9 Å². The number of para-hydroxylation sites is 1. The second-order valence-electron chi connectivity index (χ2n) is 7.61. The van der Waals surface area contributed by atoms with Crippen molar-refractivity contribution in [3.05, 3.63) is 83.9 Å². The summed E-state index contributed by atoms with van der Waals surface area (Å²) in [6.45, 7) is 2.34. The zero-order valence-electron chi connectivity index (χ0n) is 19.0. The molecule has 0 aliphatic rings. The number of anilines is 1. The molecule has 0 fully saturated rings. The highest BCUT2D eigenvalue weighted by Crippen LogP contribution is 2.37. The molecule has 0 spiro atoms. The minimum Gasteiger partial charge on any atom is -0.497 e. The molecule has 0 unspecified atom stereocenters. The van der Waals surface area contributed by atoms with Crippen LogP contribution in [0.5, 0.6) is 11.5 Å². The van der Waals surface area contributed by atoms with Crippen molar-refractivity contribution in [2.24, 2.45) is 0 Å². The molecule has 0 aliphatic heterocycles. The van der Waals surface area contributed by atoms with Gasteiger partial charge in [0.15, 0.2) is 0 Å². The predicted octanol–water partition coefficient (Wildman–Crippen LogP) is 5.83. The SMILES string of the molecule is CCCCCc1cc(OC)cc(OC)c1S(=O)(=O)N(Cc1ccccc1)c1ccccc1. The van der Waals surface area contributed by atoms with Gasteiger partial charge in [-0.3, -0.25) is 4.31 Å². The Balaban J connectivity index is 2.16. The fraction of sp³-hybridized carbons (Fsp3) is 0.308. The third-order valence-corrected chi connectivity index (χ3v) is 7.27. The first-order valence-electron chi connectivity index (χ1n) is 10.9. The van der Waals surface area contributed by atoms with Gasteiger partial charge >= 0.3 is 0 Å². The Morgan fingerprint density at radius 3 is 2.09 bits per heavy atom. The van der Waals surface area contributed by atoms with E-state index in [0.717, 1.165) is 24.8 Å². The van der Waals surface area contributed by atoms with Crippen molar-refractivity contribution in [3.63, 3.8) is 0 Å². The molecule has 32 heavy (non-hydrogen) atoms. The van der Waals surface area contributed by atoms with Crippen LogP contribution in [0.3, 0.4) is 0 Å². The first-order chi connectivity index (χ1) is 15.5. The fourth-order valence-electron chi connectivity index (χ4n) is 3.71. The molecule has 0 amide bonds. The number of benzene rings is 3. The third-order valence-electron chi connectivity index (χ3n) is 5.37. The van der Waals surface area contributed by atoms with E-state index in [1.165, 1.54) is 11.4 Å². The van der Waals surface area contributed by atoms with Gasteiger partial charge in [0.25, 0.3) is 10.0 Å². The first-order valence-corrected chi connectivity index (χ1v) is 12.3. The number of hydrogen-bond acceptors (Lipinski definition) is 4. The molecule has 5 nitrogen and oxygen atoms in total. The minimum atomic E-state index is -3.94. The summed E-state index contributed by atoms with van der Waals surface area (Å²) >= 11 is 0. The average molecular weight is 454 g/mol. The van der Waals surface area contributed by atoms with E-state index >= 15 is 0 Å². The lowest BCUT2D eigenvalue weighted by molar-refractivity contribution is 0.384. The van der Waals surface area contributed by atoms with E-state index < -0.39 is 10.0 Å². The number of sulfonamides is 1. The Labute approximate surface area is 191 Å². The Bertz CT molecular complexity index is 1100. The van der Waals surface area contributed by atoms with Crippen molar-refractivity contribution in [2.45, 2.75) is 44.0 Å². The van der Waals surface area contributed by atoms with E-state index in [-0.39, 0.29) is 11.4 Å². The molecule has 0 saturated heterocycles. The molecular weight excluding hydrogens is 422 g/mol. The van der Waals surface area contributed by atoms with Crippen molar-refractivity contribution in [1.29, 1.82) is 0 Å². The minimum absolute atomic E-state index is 0.205. The van der Waals surface area contributed by atoms with Crippen molar-refractivity contribution >= 4 is 15.7 Å². The lowest BCUT2D eigenvalue weighted by atomic mass is 10.1. The van der Waals surface area contributed by atoms with Crippen LogP contribution in [0.1, 0.15) is 37.3 Å². The second-order valence-corrected chi connectivity index (χ2v) is 9.41. The number of nitrogens with zero attached hydrogens (tertiary/aromatic N) is 1. The lowest BCUT2D eigenvalue weighted by Crippen LogP contribution is -2.31. The van der Waals surface area contributed by atoms with Crippen LogP contribution < -0.4 is 13.8 Å². The van der Waals surface area contributed by atoms with Crippen LogP contribution in [0.15, 0.2) is 77.7 Å². The summed E-state index contributed by atoms with van der Waals surface area (Å²) < 4.78 is 40.8. The maximum atomic E-state index is 14.2. The van der Waals surface area contributed by atoms with Gasteiger partial charge in [0.1, 0.15) is 16.4 Å². The Morgan fingerprint density at radius 2 is 1.50 bits per heavy atom. The Hall–Kier alpha value is -2.99. The first kappa shape index (κ1) is 23.7. The molecule has 0 aliphatic carbocycles. The van der Waals surface area contributed by atoms with Gasteiger partial charge in [0, 0.05) is 6.07 Å². The smallest absolute Gasteiger partial charge is 0.268 e. The number of aryl methyl sites for hydroxylation is 1. The summed E-state index contributed by atoms with van der Waals surface area (Å²) in [5, 5.41) is 0. The standard InChI is InChI=1S/C26H31NO4S/c1-4-5-8-15-22-18-24(30-2)19-25(31-3)26(22)32(28,29)27(23-16-11-7-12-17-23)20-21-13-9-6-10-14-21/h6-7,9-14,16-19H,4-5,8,15,20H2,1-3H3. The summed E-state index contributed by atoms with van der Waals surface area (Å²) in [4.78, 5) is 0.205. The van der Waals surface area contributed by atoms with E-state index in [2.05, 4.69) is 6.92 Å².